The number of amides is 2. The minimum atomic E-state index is -0.712. The molecule has 0 aliphatic heterocycles. The maximum atomic E-state index is 12.5. The number of aromatic nitrogens is 3. The molecule has 2 N–H and O–H groups in total. The maximum absolute atomic E-state index is 12.5. The molecule has 2 aromatic carbocycles. The number of ether oxygens (including phenoxy) is 1. The van der Waals surface area contributed by atoms with E-state index in [1.165, 1.54) is 6.08 Å². The van der Waals surface area contributed by atoms with E-state index in [0.29, 0.717) is 5.69 Å². The number of carbonyl (C=O) groups is 2. The van der Waals surface area contributed by atoms with Crippen LogP contribution in [0.1, 0.15) is 19.4 Å². The molecular weight excluding hydrogens is 394 g/mol. The van der Waals surface area contributed by atoms with Gasteiger partial charge in [-0.25, -0.2) is 0 Å². The van der Waals surface area contributed by atoms with Crippen molar-refractivity contribution in [3.63, 3.8) is 0 Å². The number of anilines is 1. The van der Waals surface area contributed by atoms with Gasteiger partial charge < -0.3 is 19.9 Å². The molecule has 3 aromatic rings. The lowest BCUT2D eigenvalue weighted by molar-refractivity contribution is -0.123. The highest BCUT2D eigenvalue weighted by Crippen LogP contribution is 2.21. The van der Waals surface area contributed by atoms with E-state index in [4.69, 9.17) is 4.74 Å². The van der Waals surface area contributed by atoms with Crippen molar-refractivity contribution in [1.82, 2.24) is 20.1 Å². The Labute approximate surface area is 181 Å². The highest BCUT2D eigenvalue weighted by Gasteiger charge is 2.15. The van der Waals surface area contributed by atoms with Crippen molar-refractivity contribution in [2.24, 2.45) is 0 Å². The summed E-state index contributed by atoms with van der Waals surface area (Å²) >= 11 is 0. The Morgan fingerprint density at radius 1 is 1.19 bits per heavy atom. The van der Waals surface area contributed by atoms with Crippen molar-refractivity contribution < 1.29 is 14.3 Å². The molecule has 2 amide bonds. The molecule has 0 aliphatic carbocycles. The number of carbonyl (C=O) groups excluding carboxylic acids is 2. The van der Waals surface area contributed by atoms with Gasteiger partial charge in [-0.05, 0) is 49.8 Å². The first-order chi connectivity index (χ1) is 15.0. The average Bonchev–Trinajstić information content (AvgIpc) is 3.27. The van der Waals surface area contributed by atoms with Crippen molar-refractivity contribution in [3.8, 4) is 17.1 Å². The summed E-state index contributed by atoms with van der Waals surface area (Å²) in [5, 5.41) is 13.6. The van der Waals surface area contributed by atoms with Gasteiger partial charge >= 0.3 is 0 Å². The molecule has 0 bridgehead atoms. The summed E-state index contributed by atoms with van der Waals surface area (Å²) < 4.78 is 7.02. The highest BCUT2D eigenvalue weighted by molar-refractivity contribution is 6.00. The molecule has 1 aromatic heterocycles. The van der Waals surface area contributed by atoms with Crippen molar-refractivity contribution in [2.45, 2.75) is 26.4 Å². The van der Waals surface area contributed by atoms with Crippen LogP contribution in [0.4, 0.5) is 5.69 Å². The molecule has 0 fully saturated rings. The van der Waals surface area contributed by atoms with Crippen molar-refractivity contribution in [3.05, 3.63) is 66.5 Å². The SMILES string of the molecule is CCn1cnnc1-c1cccc(NC(=O)C(C)NC(=O)/C=C/c2ccc(OC)cc2)c1. The van der Waals surface area contributed by atoms with Gasteiger partial charge in [0.1, 0.15) is 18.1 Å². The van der Waals surface area contributed by atoms with Gasteiger partial charge in [-0.2, -0.15) is 0 Å². The first-order valence-corrected chi connectivity index (χ1v) is 9.92. The highest BCUT2D eigenvalue weighted by atomic mass is 16.5. The number of rotatable bonds is 8. The van der Waals surface area contributed by atoms with Crippen LogP contribution >= 0.6 is 0 Å². The number of methoxy groups -OCH3 is 1. The molecule has 160 valence electrons. The van der Waals surface area contributed by atoms with Crippen LogP contribution in [0.3, 0.4) is 0 Å². The van der Waals surface area contributed by atoms with Gasteiger partial charge in [0.25, 0.3) is 0 Å². The van der Waals surface area contributed by atoms with Gasteiger partial charge in [0.15, 0.2) is 5.82 Å². The Morgan fingerprint density at radius 3 is 2.68 bits per heavy atom. The third kappa shape index (κ3) is 5.79. The Balaban J connectivity index is 1.58. The predicted molar refractivity (Wildman–Crippen MR) is 119 cm³/mol. The van der Waals surface area contributed by atoms with Crippen molar-refractivity contribution in [2.75, 3.05) is 12.4 Å². The van der Waals surface area contributed by atoms with Crippen LogP contribution in [0, 0.1) is 0 Å². The molecule has 0 aliphatic rings. The molecule has 1 unspecified atom stereocenters. The lowest BCUT2D eigenvalue weighted by atomic mass is 10.1. The van der Waals surface area contributed by atoms with Crippen molar-refractivity contribution in [1.29, 1.82) is 0 Å². The van der Waals surface area contributed by atoms with E-state index in [2.05, 4.69) is 20.8 Å². The van der Waals surface area contributed by atoms with E-state index in [1.54, 1.807) is 32.5 Å². The summed E-state index contributed by atoms with van der Waals surface area (Å²) in [5.41, 5.74) is 2.31. The Hall–Kier alpha value is -3.94. The quantitative estimate of drug-likeness (QED) is 0.547. The van der Waals surface area contributed by atoms with Crippen LogP contribution < -0.4 is 15.4 Å². The molecule has 1 heterocycles. The summed E-state index contributed by atoms with van der Waals surface area (Å²) in [6.45, 7) is 4.38. The molecule has 1 atom stereocenters. The second-order valence-electron chi connectivity index (χ2n) is 6.85. The summed E-state index contributed by atoms with van der Waals surface area (Å²) in [5.74, 6) is 0.790. The van der Waals surface area contributed by atoms with E-state index in [-0.39, 0.29) is 11.8 Å². The molecule has 0 spiro atoms. The van der Waals surface area contributed by atoms with Gasteiger partial charge in [0, 0.05) is 23.9 Å². The van der Waals surface area contributed by atoms with Gasteiger partial charge in [0.05, 0.1) is 7.11 Å². The maximum Gasteiger partial charge on any atom is 0.246 e. The molecule has 0 radical (unpaired) electrons. The van der Waals surface area contributed by atoms with E-state index in [9.17, 15) is 9.59 Å². The zero-order valence-electron chi connectivity index (χ0n) is 17.7. The fraction of sp³-hybridized carbons (Fsp3) is 0.217. The van der Waals surface area contributed by atoms with Crippen LogP contribution in [0.2, 0.25) is 0 Å². The zero-order chi connectivity index (χ0) is 22.2. The van der Waals surface area contributed by atoms with E-state index in [1.807, 2.05) is 54.0 Å². The minimum absolute atomic E-state index is 0.319. The number of benzene rings is 2. The lowest BCUT2D eigenvalue weighted by Gasteiger charge is -2.13. The molecule has 0 saturated heterocycles. The minimum Gasteiger partial charge on any atom is -0.497 e. The Kier molecular flexibility index (Phi) is 7.16. The average molecular weight is 419 g/mol. The molecular formula is C23H25N5O3. The van der Waals surface area contributed by atoms with E-state index >= 15 is 0 Å². The topological polar surface area (TPSA) is 98.1 Å². The van der Waals surface area contributed by atoms with Gasteiger partial charge in [-0.1, -0.05) is 24.3 Å². The zero-order valence-corrected chi connectivity index (χ0v) is 17.7. The third-order valence-electron chi connectivity index (χ3n) is 4.64. The van der Waals surface area contributed by atoms with Crippen LogP contribution in [0.15, 0.2) is 60.9 Å². The molecule has 8 heteroatoms. The monoisotopic (exact) mass is 419 g/mol. The smallest absolute Gasteiger partial charge is 0.246 e. The summed E-state index contributed by atoms with van der Waals surface area (Å²) in [6.07, 6.45) is 4.73. The van der Waals surface area contributed by atoms with Crippen LogP contribution in [0.25, 0.3) is 17.5 Å². The molecule has 31 heavy (non-hydrogen) atoms. The largest absolute Gasteiger partial charge is 0.497 e. The molecule has 0 saturated carbocycles. The van der Waals surface area contributed by atoms with Gasteiger partial charge in [0.2, 0.25) is 11.8 Å². The first-order valence-electron chi connectivity index (χ1n) is 9.92. The first kappa shape index (κ1) is 21.8. The second kappa shape index (κ2) is 10.2. The molecule has 8 nitrogen and oxygen atoms in total. The van der Waals surface area contributed by atoms with Gasteiger partial charge in [-0.15, -0.1) is 10.2 Å². The molecule has 3 rings (SSSR count). The second-order valence-corrected chi connectivity index (χ2v) is 6.85. The van der Waals surface area contributed by atoms with E-state index < -0.39 is 6.04 Å². The predicted octanol–water partition coefficient (Wildman–Crippen LogP) is 3.13. The summed E-state index contributed by atoms with van der Waals surface area (Å²) in [4.78, 5) is 24.7. The van der Waals surface area contributed by atoms with Crippen LogP contribution in [-0.4, -0.2) is 39.7 Å². The number of hydrogen-bond acceptors (Lipinski definition) is 5. The lowest BCUT2D eigenvalue weighted by Crippen LogP contribution is -2.40. The number of nitrogens with one attached hydrogen (secondary N) is 2. The van der Waals surface area contributed by atoms with Crippen LogP contribution in [-0.2, 0) is 16.1 Å². The Bertz CT molecular complexity index is 1070. The van der Waals surface area contributed by atoms with Gasteiger partial charge in [-0.3, -0.25) is 9.59 Å². The third-order valence-corrected chi connectivity index (χ3v) is 4.64. The van der Waals surface area contributed by atoms with Crippen molar-refractivity contribution >= 4 is 23.6 Å². The standard InChI is InChI=1S/C23H25N5O3/c1-4-28-15-24-27-22(28)18-6-5-7-19(14-18)26-23(30)16(2)25-21(29)13-10-17-8-11-20(31-3)12-9-17/h5-16H,4H2,1-3H3,(H,25,29)(H,26,30)/b13-10+. The van der Waals surface area contributed by atoms with E-state index in [0.717, 1.165) is 29.2 Å². The summed E-state index contributed by atoms with van der Waals surface area (Å²) in [6, 6.07) is 13.9. The fourth-order valence-electron chi connectivity index (χ4n) is 2.91. The number of nitrogens with zero attached hydrogens (tertiary/aromatic N) is 3. The normalized spacial score (nSPS) is 11.8. The fourth-order valence-corrected chi connectivity index (χ4v) is 2.91. The summed E-state index contributed by atoms with van der Waals surface area (Å²) in [7, 11) is 1.60. The number of aryl methyl sites for hydroxylation is 1. The Morgan fingerprint density at radius 2 is 1.97 bits per heavy atom. The van der Waals surface area contributed by atoms with Crippen LogP contribution in [0.5, 0.6) is 5.75 Å². The number of hydrogen-bond donors (Lipinski definition) is 2.